The third kappa shape index (κ3) is 2.68. The van der Waals surface area contributed by atoms with E-state index in [1.54, 1.807) is 12.1 Å². The van der Waals surface area contributed by atoms with Crippen LogP contribution in [-0.4, -0.2) is 9.55 Å². The van der Waals surface area contributed by atoms with E-state index >= 15 is 0 Å². The lowest BCUT2D eigenvalue weighted by Crippen LogP contribution is -2.04. The quantitative estimate of drug-likeness (QED) is 0.666. The number of hydrogen-bond acceptors (Lipinski definition) is 1. The van der Waals surface area contributed by atoms with Crippen molar-refractivity contribution >= 4 is 11.0 Å². The minimum atomic E-state index is -0.224. The molecule has 0 saturated heterocycles. The Kier molecular flexibility index (Phi) is 3.74. The lowest BCUT2D eigenvalue weighted by Gasteiger charge is -2.11. The van der Waals surface area contributed by atoms with Gasteiger partial charge >= 0.3 is 0 Å². The molecule has 0 spiro atoms. The minimum absolute atomic E-state index is 0.224. The number of nitrogens with zero attached hydrogens (tertiary/aromatic N) is 2. The summed E-state index contributed by atoms with van der Waals surface area (Å²) in [6, 6.07) is 14.8. The van der Waals surface area contributed by atoms with Crippen molar-refractivity contribution in [3.8, 4) is 11.4 Å². The van der Waals surface area contributed by atoms with Gasteiger partial charge in [0.1, 0.15) is 11.6 Å². The second-order valence-electron chi connectivity index (χ2n) is 5.74. The van der Waals surface area contributed by atoms with E-state index in [-0.39, 0.29) is 5.82 Å². The number of aromatic nitrogens is 2. The van der Waals surface area contributed by atoms with Gasteiger partial charge in [0.05, 0.1) is 16.6 Å². The molecule has 0 fully saturated rings. The van der Waals surface area contributed by atoms with Gasteiger partial charge in [0.15, 0.2) is 0 Å². The Hall–Kier alpha value is -2.16. The van der Waals surface area contributed by atoms with E-state index in [1.807, 2.05) is 30.3 Å². The summed E-state index contributed by atoms with van der Waals surface area (Å²) >= 11 is 0. The molecule has 2 nitrogen and oxygen atoms in total. The molecule has 0 bridgehead atoms. The number of halogens is 1. The summed E-state index contributed by atoms with van der Waals surface area (Å²) in [5.41, 5.74) is 2.55. The normalized spacial score (nSPS) is 11.4. The minimum Gasteiger partial charge on any atom is -0.324 e. The molecule has 1 heterocycles. The van der Waals surface area contributed by atoms with Crippen molar-refractivity contribution in [3.05, 3.63) is 54.3 Å². The maximum atomic E-state index is 14.1. The summed E-state index contributed by atoms with van der Waals surface area (Å²) in [6.45, 7) is 5.24. The molecule has 0 amide bonds. The highest BCUT2D eigenvalue weighted by Gasteiger charge is 2.15. The first-order valence-corrected chi connectivity index (χ1v) is 7.37. The number of rotatable bonds is 4. The van der Waals surface area contributed by atoms with Gasteiger partial charge in [-0.15, -0.1) is 0 Å². The van der Waals surface area contributed by atoms with E-state index in [9.17, 15) is 4.39 Å². The van der Waals surface area contributed by atoms with Crippen molar-refractivity contribution in [3.63, 3.8) is 0 Å². The van der Waals surface area contributed by atoms with E-state index in [1.165, 1.54) is 6.07 Å². The zero-order valence-electron chi connectivity index (χ0n) is 12.4. The van der Waals surface area contributed by atoms with Crippen LogP contribution in [0.1, 0.15) is 20.3 Å². The van der Waals surface area contributed by atoms with Crippen LogP contribution in [0, 0.1) is 11.7 Å². The maximum absolute atomic E-state index is 14.1. The van der Waals surface area contributed by atoms with Crippen LogP contribution in [0.25, 0.3) is 22.4 Å². The number of para-hydroxylation sites is 2. The fourth-order valence-corrected chi connectivity index (χ4v) is 2.54. The lowest BCUT2D eigenvalue weighted by atomic mass is 10.1. The lowest BCUT2D eigenvalue weighted by molar-refractivity contribution is 0.524. The zero-order valence-corrected chi connectivity index (χ0v) is 12.4. The van der Waals surface area contributed by atoms with Gasteiger partial charge < -0.3 is 4.57 Å². The monoisotopic (exact) mass is 282 g/mol. The Labute approximate surface area is 124 Å². The van der Waals surface area contributed by atoms with Crippen molar-refractivity contribution in [1.29, 1.82) is 0 Å². The van der Waals surface area contributed by atoms with Crippen LogP contribution in [-0.2, 0) is 6.54 Å². The molecule has 0 aliphatic rings. The van der Waals surface area contributed by atoms with Crippen LogP contribution >= 0.6 is 0 Å². The molecule has 21 heavy (non-hydrogen) atoms. The van der Waals surface area contributed by atoms with Crippen molar-refractivity contribution in [1.82, 2.24) is 9.55 Å². The summed E-state index contributed by atoms with van der Waals surface area (Å²) in [5, 5.41) is 0. The van der Waals surface area contributed by atoms with Crippen molar-refractivity contribution in [2.45, 2.75) is 26.8 Å². The largest absolute Gasteiger partial charge is 0.324 e. The van der Waals surface area contributed by atoms with Gasteiger partial charge in [-0.05, 0) is 36.6 Å². The average molecular weight is 282 g/mol. The fraction of sp³-hybridized carbons (Fsp3) is 0.278. The summed E-state index contributed by atoms with van der Waals surface area (Å²) in [7, 11) is 0. The van der Waals surface area contributed by atoms with Crippen LogP contribution in [0.2, 0.25) is 0 Å². The fourth-order valence-electron chi connectivity index (χ4n) is 2.54. The molecule has 3 aromatic rings. The molecular weight excluding hydrogens is 263 g/mol. The first-order valence-electron chi connectivity index (χ1n) is 7.37. The van der Waals surface area contributed by atoms with Crippen molar-refractivity contribution < 1.29 is 4.39 Å². The molecule has 3 heteroatoms. The predicted molar refractivity (Wildman–Crippen MR) is 84.6 cm³/mol. The summed E-state index contributed by atoms with van der Waals surface area (Å²) in [4.78, 5) is 4.64. The number of hydrogen-bond donors (Lipinski definition) is 0. The van der Waals surface area contributed by atoms with Gasteiger partial charge in [-0.25, -0.2) is 9.37 Å². The zero-order chi connectivity index (χ0) is 14.8. The Balaban J connectivity index is 2.17. The topological polar surface area (TPSA) is 17.8 Å². The Morgan fingerprint density at radius 1 is 1.05 bits per heavy atom. The molecule has 0 saturated carbocycles. The molecule has 0 unspecified atom stereocenters. The summed E-state index contributed by atoms with van der Waals surface area (Å²) < 4.78 is 16.3. The van der Waals surface area contributed by atoms with Crippen LogP contribution in [0.15, 0.2) is 48.5 Å². The molecule has 2 aromatic carbocycles. The third-order valence-corrected chi connectivity index (χ3v) is 3.70. The Morgan fingerprint density at radius 2 is 1.76 bits per heavy atom. The molecule has 0 radical (unpaired) electrons. The summed E-state index contributed by atoms with van der Waals surface area (Å²) in [6.07, 6.45) is 1.04. The third-order valence-electron chi connectivity index (χ3n) is 3.70. The number of fused-ring (bicyclic) bond motifs is 1. The molecule has 0 atom stereocenters. The van der Waals surface area contributed by atoms with Crippen molar-refractivity contribution in [2.75, 3.05) is 0 Å². The second-order valence-corrected chi connectivity index (χ2v) is 5.74. The van der Waals surface area contributed by atoms with Gasteiger partial charge in [-0.2, -0.15) is 0 Å². The Bertz CT molecular complexity index is 759. The molecular formula is C18H19FN2. The molecule has 0 aliphatic heterocycles. The van der Waals surface area contributed by atoms with Crippen LogP contribution in [0.5, 0.6) is 0 Å². The van der Waals surface area contributed by atoms with E-state index in [0.717, 1.165) is 29.8 Å². The van der Waals surface area contributed by atoms with E-state index in [0.29, 0.717) is 11.5 Å². The highest BCUT2D eigenvalue weighted by atomic mass is 19.1. The van der Waals surface area contributed by atoms with Crippen LogP contribution < -0.4 is 0 Å². The van der Waals surface area contributed by atoms with Crippen LogP contribution in [0.3, 0.4) is 0 Å². The molecule has 0 N–H and O–H groups in total. The smallest absolute Gasteiger partial charge is 0.144 e. The SMILES string of the molecule is CC(C)CCn1c(-c2ccccc2F)nc2ccccc21. The van der Waals surface area contributed by atoms with Gasteiger partial charge in [0.25, 0.3) is 0 Å². The van der Waals surface area contributed by atoms with Gasteiger partial charge in [0.2, 0.25) is 0 Å². The van der Waals surface area contributed by atoms with E-state index in [2.05, 4.69) is 23.4 Å². The predicted octanol–water partition coefficient (Wildman–Crippen LogP) is 4.89. The first-order chi connectivity index (χ1) is 10.2. The molecule has 108 valence electrons. The highest BCUT2D eigenvalue weighted by Crippen LogP contribution is 2.27. The van der Waals surface area contributed by atoms with Gasteiger partial charge in [-0.3, -0.25) is 0 Å². The molecule has 0 aliphatic carbocycles. The number of imidazole rings is 1. The molecule has 1 aromatic heterocycles. The van der Waals surface area contributed by atoms with E-state index < -0.39 is 0 Å². The second kappa shape index (κ2) is 5.68. The standard InChI is InChI=1S/C18H19FN2/c1-13(2)11-12-21-17-10-6-5-9-16(17)20-18(21)14-7-3-4-8-15(14)19/h3-10,13H,11-12H2,1-2H3. The van der Waals surface area contributed by atoms with Gasteiger partial charge in [-0.1, -0.05) is 38.1 Å². The Morgan fingerprint density at radius 3 is 2.52 bits per heavy atom. The first kappa shape index (κ1) is 13.8. The number of benzene rings is 2. The van der Waals surface area contributed by atoms with Crippen LogP contribution in [0.4, 0.5) is 4.39 Å². The summed E-state index contributed by atoms with van der Waals surface area (Å²) in [5.74, 6) is 1.09. The highest BCUT2D eigenvalue weighted by molar-refractivity contribution is 5.80. The van der Waals surface area contributed by atoms with Gasteiger partial charge in [0, 0.05) is 6.54 Å². The number of aryl methyl sites for hydroxylation is 1. The van der Waals surface area contributed by atoms with E-state index in [4.69, 9.17) is 0 Å². The van der Waals surface area contributed by atoms with Crippen molar-refractivity contribution in [2.24, 2.45) is 5.92 Å². The average Bonchev–Trinajstić information content (AvgIpc) is 2.84. The molecule has 3 rings (SSSR count). The maximum Gasteiger partial charge on any atom is 0.144 e.